The third-order valence-corrected chi connectivity index (χ3v) is 7.95. The Labute approximate surface area is 182 Å². The normalized spacial score (nSPS) is 14.0. The average Bonchev–Trinajstić information content (AvgIpc) is 3.15. The number of fused-ring (bicyclic) bond motifs is 1. The number of anilines is 1. The largest absolute Gasteiger partial charge is 0.495 e. The van der Waals surface area contributed by atoms with Gasteiger partial charge in [-0.05, 0) is 69.3 Å². The molecular formula is C20H25N3O6S2. The summed E-state index contributed by atoms with van der Waals surface area (Å²) in [6.45, 7) is 3.75. The van der Waals surface area contributed by atoms with E-state index in [9.17, 15) is 21.6 Å². The number of sulfonamides is 2. The number of amides is 1. The van der Waals surface area contributed by atoms with Crippen molar-refractivity contribution in [1.82, 2.24) is 9.44 Å². The zero-order chi connectivity index (χ0) is 23.0. The van der Waals surface area contributed by atoms with E-state index in [-0.39, 0.29) is 33.1 Å². The molecule has 2 aromatic carbocycles. The number of nitrogens with one attached hydrogen (secondary N) is 2. The first-order chi connectivity index (χ1) is 14.5. The highest BCUT2D eigenvalue weighted by atomic mass is 32.2. The van der Waals surface area contributed by atoms with Gasteiger partial charge in [0, 0.05) is 23.8 Å². The van der Waals surface area contributed by atoms with E-state index < -0.39 is 20.0 Å². The molecule has 0 bridgehead atoms. The fourth-order valence-corrected chi connectivity index (χ4v) is 5.65. The van der Waals surface area contributed by atoms with E-state index in [2.05, 4.69) is 9.44 Å². The smallest absolute Gasteiger partial charge is 0.258 e. The second kappa shape index (κ2) is 8.58. The summed E-state index contributed by atoms with van der Waals surface area (Å²) >= 11 is 0. The van der Waals surface area contributed by atoms with Gasteiger partial charge in [-0.2, -0.15) is 0 Å². The highest BCUT2D eigenvalue weighted by Crippen LogP contribution is 2.32. The maximum Gasteiger partial charge on any atom is 0.258 e. The number of carbonyl (C=O) groups excluding carboxylic acids is 1. The molecule has 0 atom stereocenters. The number of ether oxygens (including phenoxy) is 1. The highest BCUT2D eigenvalue weighted by Gasteiger charge is 2.29. The van der Waals surface area contributed by atoms with Crippen LogP contribution < -0.4 is 19.1 Å². The maximum atomic E-state index is 13.2. The summed E-state index contributed by atoms with van der Waals surface area (Å²) < 4.78 is 59.4. The molecule has 0 unspecified atom stereocenters. The van der Waals surface area contributed by atoms with E-state index in [1.807, 2.05) is 0 Å². The Morgan fingerprint density at radius 3 is 2.39 bits per heavy atom. The number of hydrogen-bond acceptors (Lipinski definition) is 6. The van der Waals surface area contributed by atoms with Crippen LogP contribution in [-0.2, 0) is 26.5 Å². The van der Waals surface area contributed by atoms with Crippen LogP contribution in [0.3, 0.4) is 0 Å². The van der Waals surface area contributed by atoms with Crippen molar-refractivity contribution in [1.29, 1.82) is 0 Å². The van der Waals surface area contributed by atoms with Gasteiger partial charge in [-0.1, -0.05) is 0 Å². The van der Waals surface area contributed by atoms with Gasteiger partial charge in [-0.3, -0.25) is 4.79 Å². The zero-order valence-corrected chi connectivity index (χ0v) is 19.3. The summed E-state index contributed by atoms with van der Waals surface area (Å²) in [6.07, 6.45) is 0.490. The lowest BCUT2D eigenvalue weighted by Crippen LogP contribution is -2.32. The van der Waals surface area contributed by atoms with Crippen molar-refractivity contribution in [3.05, 3.63) is 47.5 Å². The Balaban J connectivity index is 1.98. The molecule has 1 aliphatic heterocycles. The molecule has 0 aromatic heterocycles. The second-order valence-corrected chi connectivity index (χ2v) is 10.9. The molecule has 2 aromatic rings. The Morgan fingerprint density at radius 1 is 1.06 bits per heavy atom. The van der Waals surface area contributed by atoms with Crippen molar-refractivity contribution in [3.63, 3.8) is 0 Å². The summed E-state index contributed by atoms with van der Waals surface area (Å²) in [5.74, 6) is -0.250. The topological polar surface area (TPSA) is 122 Å². The van der Waals surface area contributed by atoms with Crippen LogP contribution in [0.2, 0.25) is 0 Å². The predicted octanol–water partition coefficient (Wildman–Crippen LogP) is 1.49. The minimum Gasteiger partial charge on any atom is -0.495 e. The van der Waals surface area contributed by atoms with E-state index in [0.29, 0.717) is 18.7 Å². The lowest BCUT2D eigenvalue weighted by atomic mass is 10.1. The monoisotopic (exact) mass is 467 g/mol. The molecule has 0 saturated carbocycles. The van der Waals surface area contributed by atoms with Crippen molar-refractivity contribution in [3.8, 4) is 5.75 Å². The van der Waals surface area contributed by atoms with Crippen LogP contribution in [0.5, 0.6) is 5.75 Å². The van der Waals surface area contributed by atoms with Gasteiger partial charge in [-0.25, -0.2) is 26.3 Å². The molecule has 1 heterocycles. The molecule has 0 aliphatic carbocycles. The zero-order valence-electron chi connectivity index (χ0n) is 17.7. The van der Waals surface area contributed by atoms with Gasteiger partial charge in [0.25, 0.3) is 5.91 Å². The first-order valence-electron chi connectivity index (χ1n) is 9.59. The molecule has 0 fully saturated rings. The molecular weight excluding hydrogens is 442 g/mol. The van der Waals surface area contributed by atoms with Gasteiger partial charge in [0.05, 0.1) is 12.0 Å². The van der Waals surface area contributed by atoms with Crippen LogP contribution in [0.15, 0.2) is 46.2 Å². The lowest BCUT2D eigenvalue weighted by molar-refractivity contribution is 0.0989. The van der Waals surface area contributed by atoms with Gasteiger partial charge < -0.3 is 9.64 Å². The Morgan fingerprint density at radius 2 is 1.77 bits per heavy atom. The van der Waals surface area contributed by atoms with Gasteiger partial charge in [0.1, 0.15) is 10.6 Å². The number of nitrogens with zero attached hydrogens (tertiary/aromatic N) is 1. The molecule has 1 aliphatic rings. The molecule has 2 N–H and O–H groups in total. The van der Waals surface area contributed by atoms with Crippen LogP contribution in [0.4, 0.5) is 5.69 Å². The van der Waals surface area contributed by atoms with Crippen molar-refractivity contribution < 1.29 is 26.4 Å². The van der Waals surface area contributed by atoms with Crippen molar-refractivity contribution in [2.75, 3.05) is 25.6 Å². The molecule has 31 heavy (non-hydrogen) atoms. The Bertz CT molecular complexity index is 1220. The van der Waals surface area contributed by atoms with Crippen LogP contribution >= 0.6 is 0 Å². The Kier molecular flexibility index (Phi) is 6.42. The van der Waals surface area contributed by atoms with Gasteiger partial charge in [0.2, 0.25) is 20.0 Å². The third kappa shape index (κ3) is 4.59. The minimum absolute atomic E-state index is 0.121. The van der Waals surface area contributed by atoms with E-state index >= 15 is 0 Å². The van der Waals surface area contributed by atoms with Crippen molar-refractivity contribution >= 4 is 31.6 Å². The summed E-state index contributed by atoms with van der Waals surface area (Å²) in [6, 6.07) is 8.49. The average molecular weight is 468 g/mol. The van der Waals surface area contributed by atoms with E-state index in [1.54, 1.807) is 26.0 Å². The summed E-state index contributed by atoms with van der Waals surface area (Å²) in [4.78, 5) is 14.7. The number of rotatable bonds is 7. The molecule has 3 rings (SSSR count). The molecule has 168 valence electrons. The van der Waals surface area contributed by atoms with Crippen LogP contribution in [0, 0.1) is 0 Å². The van der Waals surface area contributed by atoms with E-state index in [0.717, 1.165) is 5.56 Å². The fraction of sp³-hybridized carbons (Fsp3) is 0.350. The molecule has 0 radical (unpaired) electrons. The molecule has 9 nitrogen and oxygen atoms in total. The minimum atomic E-state index is -3.89. The number of carbonyl (C=O) groups is 1. The van der Waals surface area contributed by atoms with Gasteiger partial charge >= 0.3 is 0 Å². The van der Waals surface area contributed by atoms with Crippen molar-refractivity contribution in [2.24, 2.45) is 0 Å². The van der Waals surface area contributed by atoms with E-state index in [1.165, 1.54) is 43.3 Å². The van der Waals surface area contributed by atoms with Crippen LogP contribution in [-0.4, -0.2) is 49.5 Å². The number of methoxy groups -OCH3 is 1. The summed E-state index contributed by atoms with van der Waals surface area (Å²) in [7, 11) is -4.78. The molecule has 0 spiro atoms. The SMILES string of the molecule is CNS(=O)(=O)c1ccc2c(c1)CCN2C(=O)c1ccc(OC)c(S(=O)(=O)NC(C)C)c1. The summed E-state index contributed by atoms with van der Waals surface area (Å²) in [5.41, 5.74) is 1.51. The molecule has 11 heteroatoms. The number of benzene rings is 2. The summed E-state index contributed by atoms with van der Waals surface area (Å²) in [5, 5.41) is 0. The quantitative estimate of drug-likeness (QED) is 0.636. The second-order valence-electron chi connectivity index (χ2n) is 7.35. The first-order valence-corrected chi connectivity index (χ1v) is 12.6. The van der Waals surface area contributed by atoms with Gasteiger partial charge in [0.15, 0.2) is 0 Å². The fourth-order valence-electron chi connectivity index (χ4n) is 3.42. The molecule has 1 amide bonds. The van der Waals surface area contributed by atoms with Crippen molar-refractivity contribution in [2.45, 2.75) is 36.1 Å². The standard InChI is InChI=1S/C20H25N3O6S2/c1-13(2)22-31(27,28)19-12-15(5-8-18(19)29-4)20(24)23-10-9-14-11-16(6-7-17(14)23)30(25,26)21-3/h5-8,11-13,21-22H,9-10H2,1-4H3. The van der Waals surface area contributed by atoms with Crippen LogP contribution in [0.1, 0.15) is 29.8 Å². The number of hydrogen-bond donors (Lipinski definition) is 2. The first kappa shape index (κ1) is 23.2. The third-order valence-electron chi connectivity index (χ3n) is 4.86. The van der Waals surface area contributed by atoms with Gasteiger partial charge in [-0.15, -0.1) is 0 Å². The van der Waals surface area contributed by atoms with Crippen LogP contribution in [0.25, 0.3) is 0 Å². The lowest BCUT2D eigenvalue weighted by Gasteiger charge is -2.19. The van der Waals surface area contributed by atoms with E-state index in [4.69, 9.17) is 4.74 Å². The predicted molar refractivity (Wildman–Crippen MR) is 117 cm³/mol. The maximum absolute atomic E-state index is 13.2. The Hall–Kier alpha value is -2.47. The molecule has 0 saturated heterocycles. The highest BCUT2D eigenvalue weighted by molar-refractivity contribution is 7.89.